The molecule has 0 aliphatic carbocycles. The number of nitrogens with zero attached hydrogens (tertiary/aromatic N) is 7. The molecule has 0 unspecified atom stereocenters. The van der Waals surface area contributed by atoms with Gasteiger partial charge in [-0.1, -0.05) is 42.0 Å². The molecule has 0 radical (unpaired) electrons. The smallest absolute Gasteiger partial charge is 0.165 e. The maximum atomic E-state index is 4.87. The van der Waals surface area contributed by atoms with Crippen LogP contribution in [0.1, 0.15) is 17.0 Å². The van der Waals surface area contributed by atoms with Crippen molar-refractivity contribution < 1.29 is 0 Å². The SMILES string of the molecule is Cc1ccc2nc(N3CCN(Cc4nnnn4Cc4ccccc4)CC3)ccc2c1. The Bertz CT molecular complexity index is 1130. The number of anilines is 1. The molecule has 3 heterocycles. The summed E-state index contributed by atoms with van der Waals surface area (Å²) in [6.07, 6.45) is 0. The highest BCUT2D eigenvalue weighted by molar-refractivity contribution is 5.81. The van der Waals surface area contributed by atoms with Crippen LogP contribution < -0.4 is 4.90 Å². The molecule has 30 heavy (non-hydrogen) atoms. The van der Waals surface area contributed by atoms with E-state index in [4.69, 9.17) is 4.98 Å². The van der Waals surface area contributed by atoms with Gasteiger partial charge in [-0.15, -0.1) is 5.10 Å². The van der Waals surface area contributed by atoms with Gasteiger partial charge in [0.25, 0.3) is 0 Å². The fourth-order valence-electron chi connectivity index (χ4n) is 3.96. The number of benzene rings is 2. The van der Waals surface area contributed by atoms with E-state index in [1.165, 1.54) is 16.5 Å². The lowest BCUT2D eigenvalue weighted by atomic mass is 10.1. The zero-order valence-corrected chi connectivity index (χ0v) is 17.1. The molecule has 4 aromatic rings. The molecule has 0 spiro atoms. The lowest BCUT2D eigenvalue weighted by Gasteiger charge is -2.35. The van der Waals surface area contributed by atoms with Gasteiger partial charge in [0.2, 0.25) is 0 Å². The summed E-state index contributed by atoms with van der Waals surface area (Å²) in [7, 11) is 0. The molecule has 0 bridgehead atoms. The molecule has 1 fully saturated rings. The van der Waals surface area contributed by atoms with Crippen molar-refractivity contribution in [2.75, 3.05) is 31.1 Å². The first-order chi connectivity index (χ1) is 14.7. The van der Waals surface area contributed by atoms with Crippen LogP contribution >= 0.6 is 0 Å². The molecule has 5 rings (SSSR count). The third kappa shape index (κ3) is 4.02. The lowest BCUT2D eigenvalue weighted by molar-refractivity contribution is 0.239. The molecule has 0 N–H and O–H groups in total. The molecular formula is C23H25N7. The molecular weight excluding hydrogens is 374 g/mol. The van der Waals surface area contributed by atoms with Gasteiger partial charge in [0.15, 0.2) is 5.82 Å². The van der Waals surface area contributed by atoms with E-state index in [9.17, 15) is 0 Å². The number of piperazine rings is 1. The van der Waals surface area contributed by atoms with Crippen molar-refractivity contribution in [3.05, 3.63) is 77.6 Å². The second-order valence-electron chi connectivity index (χ2n) is 7.87. The Kier molecular flexibility index (Phi) is 5.11. The zero-order valence-electron chi connectivity index (χ0n) is 17.1. The fourth-order valence-corrected chi connectivity index (χ4v) is 3.96. The maximum Gasteiger partial charge on any atom is 0.165 e. The largest absolute Gasteiger partial charge is 0.354 e. The lowest BCUT2D eigenvalue weighted by Crippen LogP contribution is -2.46. The quantitative estimate of drug-likeness (QED) is 0.514. The Balaban J connectivity index is 1.22. The van der Waals surface area contributed by atoms with Gasteiger partial charge in [-0.05, 0) is 47.2 Å². The second-order valence-corrected chi connectivity index (χ2v) is 7.87. The predicted molar refractivity (Wildman–Crippen MR) is 117 cm³/mol. The van der Waals surface area contributed by atoms with Crippen molar-refractivity contribution in [1.82, 2.24) is 30.1 Å². The summed E-state index contributed by atoms with van der Waals surface area (Å²) in [6.45, 7) is 7.40. The van der Waals surface area contributed by atoms with Gasteiger partial charge in [0.1, 0.15) is 5.82 Å². The molecule has 152 valence electrons. The predicted octanol–water partition coefficient (Wildman–Crippen LogP) is 2.90. The van der Waals surface area contributed by atoms with Gasteiger partial charge in [-0.3, -0.25) is 4.90 Å². The van der Waals surface area contributed by atoms with Crippen molar-refractivity contribution in [2.45, 2.75) is 20.0 Å². The summed E-state index contributed by atoms with van der Waals surface area (Å²) < 4.78 is 1.90. The average molecular weight is 400 g/mol. The van der Waals surface area contributed by atoms with Crippen molar-refractivity contribution in [3.8, 4) is 0 Å². The third-order valence-corrected chi connectivity index (χ3v) is 5.67. The van der Waals surface area contributed by atoms with E-state index in [-0.39, 0.29) is 0 Å². The topological polar surface area (TPSA) is 63.0 Å². The molecule has 1 saturated heterocycles. The van der Waals surface area contributed by atoms with Crippen LogP contribution in [0.15, 0.2) is 60.7 Å². The third-order valence-electron chi connectivity index (χ3n) is 5.67. The fraction of sp³-hybridized carbons (Fsp3) is 0.304. The van der Waals surface area contributed by atoms with Crippen LogP contribution in [0.5, 0.6) is 0 Å². The molecule has 0 saturated carbocycles. The Morgan fingerprint density at radius 2 is 1.70 bits per heavy atom. The summed E-state index contributed by atoms with van der Waals surface area (Å²) in [5.41, 5.74) is 3.52. The Morgan fingerprint density at radius 1 is 0.867 bits per heavy atom. The maximum absolute atomic E-state index is 4.87. The summed E-state index contributed by atoms with van der Waals surface area (Å²) in [5.74, 6) is 1.96. The van der Waals surface area contributed by atoms with Crippen LogP contribution in [0.2, 0.25) is 0 Å². The van der Waals surface area contributed by atoms with Crippen LogP contribution in [-0.2, 0) is 13.1 Å². The normalized spacial score (nSPS) is 15.0. The monoisotopic (exact) mass is 399 g/mol. The molecule has 1 aliphatic rings. The average Bonchev–Trinajstić information content (AvgIpc) is 3.21. The number of rotatable bonds is 5. The number of hydrogen-bond donors (Lipinski definition) is 0. The second kappa shape index (κ2) is 8.20. The first kappa shape index (κ1) is 18.7. The van der Waals surface area contributed by atoms with Gasteiger partial charge in [-0.25, -0.2) is 9.67 Å². The Morgan fingerprint density at radius 3 is 2.53 bits per heavy atom. The van der Waals surface area contributed by atoms with Gasteiger partial charge < -0.3 is 4.90 Å². The highest BCUT2D eigenvalue weighted by Gasteiger charge is 2.20. The highest BCUT2D eigenvalue weighted by Crippen LogP contribution is 2.20. The Hall–Kier alpha value is -3.32. The van der Waals surface area contributed by atoms with E-state index in [2.05, 4.69) is 74.7 Å². The first-order valence-electron chi connectivity index (χ1n) is 10.4. The number of aryl methyl sites for hydroxylation is 1. The van der Waals surface area contributed by atoms with Crippen molar-refractivity contribution >= 4 is 16.7 Å². The standard InChI is InChI=1S/C23H25N7/c1-18-7-9-21-20(15-18)8-10-22(24-21)29-13-11-28(12-14-29)17-23-25-26-27-30(23)16-19-5-3-2-4-6-19/h2-10,15H,11-14,16-17H2,1H3. The summed E-state index contributed by atoms with van der Waals surface area (Å²) in [5, 5.41) is 13.5. The molecule has 0 atom stereocenters. The molecule has 1 aliphatic heterocycles. The highest BCUT2D eigenvalue weighted by atomic mass is 15.5. The molecule has 2 aromatic heterocycles. The van der Waals surface area contributed by atoms with Crippen LogP contribution in [0.25, 0.3) is 10.9 Å². The molecule has 7 nitrogen and oxygen atoms in total. The minimum Gasteiger partial charge on any atom is -0.354 e. The van der Waals surface area contributed by atoms with Gasteiger partial charge in [0.05, 0.1) is 18.6 Å². The number of tetrazole rings is 1. The summed E-state index contributed by atoms with van der Waals surface area (Å²) in [6, 6.07) is 21.0. The van der Waals surface area contributed by atoms with Gasteiger partial charge in [0, 0.05) is 31.6 Å². The molecule has 2 aromatic carbocycles. The van der Waals surface area contributed by atoms with Crippen LogP contribution in [0.3, 0.4) is 0 Å². The van der Waals surface area contributed by atoms with Crippen molar-refractivity contribution in [2.24, 2.45) is 0 Å². The van der Waals surface area contributed by atoms with Crippen molar-refractivity contribution in [1.29, 1.82) is 0 Å². The number of pyridine rings is 1. The van der Waals surface area contributed by atoms with Crippen LogP contribution in [0, 0.1) is 6.92 Å². The van der Waals surface area contributed by atoms with E-state index in [1.807, 2.05) is 22.9 Å². The zero-order chi connectivity index (χ0) is 20.3. The van der Waals surface area contributed by atoms with Crippen molar-refractivity contribution in [3.63, 3.8) is 0 Å². The summed E-state index contributed by atoms with van der Waals surface area (Å²) in [4.78, 5) is 9.65. The van der Waals surface area contributed by atoms with E-state index >= 15 is 0 Å². The van der Waals surface area contributed by atoms with Crippen LogP contribution in [0.4, 0.5) is 5.82 Å². The minimum atomic E-state index is 0.698. The molecule has 7 heteroatoms. The Labute approximate surface area is 175 Å². The number of fused-ring (bicyclic) bond motifs is 1. The molecule has 0 amide bonds. The number of hydrogen-bond acceptors (Lipinski definition) is 6. The number of aromatic nitrogens is 5. The summed E-state index contributed by atoms with van der Waals surface area (Å²) >= 11 is 0. The van der Waals surface area contributed by atoms with Gasteiger partial charge >= 0.3 is 0 Å². The van der Waals surface area contributed by atoms with E-state index in [1.54, 1.807) is 0 Å². The van der Waals surface area contributed by atoms with E-state index in [0.717, 1.165) is 49.9 Å². The van der Waals surface area contributed by atoms with Crippen LogP contribution in [-0.4, -0.2) is 56.3 Å². The van der Waals surface area contributed by atoms with Gasteiger partial charge in [-0.2, -0.15) is 0 Å². The van der Waals surface area contributed by atoms with E-state index in [0.29, 0.717) is 6.54 Å². The first-order valence-corrected chi connectivity index (χ1v) is 10.4. The minimum absolute atomic E-state index is 0.698. The van der Waals surface area contributed by atoms with E-state index < -0.39 is 0 Å².